The fourth-order valence-corrected chi connectivity index (χ4v) is 1.98. The van der Waals surface area contributed by atoms with Crippen molar-refractivity contribution >= 4 is 5.97 Å². The number of nitrogens with zero attached hydrogens (tertiary/aromatic N) is 4. The summed E-state index contributed by atoms with van der Waals surface area (Å²) < 4.78 is 7.43. The van der Waals surface area contributed by atoms with Gasteiger partial charge in [0.2, 0.25) is 0 Å². The molecule has 1 N–H and O–H groups in total. The number of hydrogen-bond acceptors (Lipinski definition) is 5. The molecule has 1 heterocycles. The van der Waals surface area contributed by atoms with E-state index < -0.39 is 5.97 Å². The van der Waals surface area contributed by atoms with Crippen molar-refractivity contribution in [2.24, 2.45) is 0 Å². The van der Waals surface area contributed by atoms with Crippen LogP contribution in [0.1, 0.15) is 30.3 Å². The maximum absolute atomic E-state index is 10.7. The minimum Gasteiger partial charge on any atom is -0.486 e. The van der Waals surface area contributed by atoms with Gasteiger partial charge in [0.1, 0.15) is 12.4 Å². The van der Waals surface area contributed by atoms with Crippen LogP contribution >= 0.6 is 0 Å². The van der Waals surface area contributed by atoms with Crippen LogP contribution in [-0.4, -0.2) is 31.3 Å². The molecule has 0 radical (unpaired) electrons. The summed E-state index contributed by atoms with van der Waals surface area (Å²) in [6.07, 6.45) is 2.19. The normalized spacial score (nSPS) is 14.2. The van der Waals surface area contributed by atoms with Gasteiger partial charge in [-0.1, -0.05) is 12.1 Å². The van der Waals surface area contributed by atoms with Gasteiger partial charge in [-0.3, -0.25) is 4.79 Å². The monoisotopic (exact) mass is 274 g/mol. The Morgan fingerprint density at radius 2 is 2.30 bits per heavy atom. The zero-order valence-electron chi connectivity index (χ0n) is 10.8. The summed E-state index contributed by atoms with van der Waals surface area (Å²) in [5.74, 6) is 0.449. The van der Waals surface area contributed by atoms with E-state index in [1.807, 2.05) is 0 Å². The Balaban J connectivity index is 1.65. The average molecular weight is 274 g/mol. The molecule has 0 unspecified atom stereocenters. The summed E-state index contributed by atoms with van der Waals surface area (Å²) in [5, 5.41) is 20.3. The van der Waals surface area contributed by atoms with E-state index >= 15 is 0 Å². The largest absolute Gasteiger partial charge is 0.486 e. The summed E-state index contributed by atoms with van der Waals surface area (Å²) in [5.41, 5.74) is 0.705. The van der Waals surface area contributed by atoms with Crippen molar-refractivity contribution in [2.45, 2.75) is 31.9 Å². The molecule has 1 aromatic heterocycles. The van der Waals surface area contributed by atoms with Crippen LogP contribution in [0.5, 0.6) is 5.75 Å². The van der Waals surface area contributed by atoms with Crippen molar-refractivity contribution in [2.75, 3.05) is 0 Å². The molecule has 0 amide bonds. The molecule has 0 aliphatic heterocycles. The Labute approximate surface area is 115 Å². The number of benzene rings is 1. The van der Waals surface area contributed by atoms with Gasteiger partial charge in [0.05, 0.1) is 12.5 Å². The molecule has 1 aromatic carbocycles. The van der Waals surface area contributed by atoms with Crippen molar-refractivity contribution in [1.29, 1.82) is 0 Å². The lowest BCUT2D eigenvalue weighted by Gasteiger charge is -2.07. The zero-order chi connectivity index (χ0) is 13.9. The molecule has 7 nitrogen and oxygen atoms in total. The zero-order valence-corrected chi connectivity index (χ0v) is 10.8. The third-order valence-electron chi connectivity index (χ3n) is 3.08. The van der Waals surface area contributed by atoms with Gasteiger partial charge in [0.25, 0.3) is 0 Å². The number of carboxylic acid groups (broad SMARTS) is 1. The highest BCUT2D eigenvalue weighted by molar-refractivity contribution is 5.70. The van der Waals surface area contributed by atoms with Crippen LogP contribution in [0.3, 0.4) is 0 Å². The Hall–Kier alpha value is -2.44. The molecule has 1 saturated carbocycles. The van der Waals surface area contributed by atoms with Gasteiger partial charge in [0.15, 0.2) is 5.82 Å². The molecule has 1 aliphatic rings. The lowest BCUT2D eigenvalue weighted by molar-refractivity contribution is -0.136. The second kappa shape index (κ2) is 5.28. The van der Waals surface area contributed by atoms with Crippen LogP contribution in [0.4, 0.5) is 0 Å². The first kappa shape index (κ1) is 12.6. The minimum atomic E-state index is -0.861. The smallest absolute Gasteiger partial charge is 0.307 e. The highest BCUT2D eigenvalue weighted by Gasteiger charge is 2.27. The standard InChI is InChI=1S/C13H14N4O3/c18-13(19)7-9-2-1-3-11(6-9)20-8-12-14-15-16-17(12)10-4-5-10/h1-3,6,10H,4-5,7-8H2,(H,18,19). The van der Waals surface area contributed by atoms with Gasteiger partial charge in [0, 0.05) is 0 Å². The third-order valence-corrected chi connectivity index (χ3v) is 3.08. The molecule has 0 bridgehead atoms. The topological polar surface area (TPSA) is 90.1 Å². The average Bonchev–Trinajstić information content (AvgIpc) is 3.15. The Morgan fingerprint density at radius 1 is 1.45 bits per heavy atom. The molecule has 1 aliphatic carbocycles. The second-order valence-corrected chi connectivity index (χ2v) is 4.78. The van der Waals surface area contributed by atoms with Gasteiger partial charge >= 0.3 is 5.97 Å². The van der Waals surface area contributed by atoms with Crippen LogP contribution in [0.15, 0.2) is 24.3 Å². The molecular formula is C13H14N4O3. The molecule has 2 aromatic rings. The van der Waals surface area contributed by atoms with Gasteiger partial charge in [-0.15, -0.1) is 5.10 Å². The first-order valence-electron chi connectivity index (χ1n) is 6.42. The van der Waals surface area contributed by atoms with Crippen LogP contribution < -0.4 is 4.74 Å². The van der Waals surface area contributed by atoms with E-state index in [0.717, 1.165) is 12.8 Å². The summed E-state index contributed by atoms with van der Waals surface area (Å²) in [6, 6.07) is 7.45. The van der Waals surface area contributed by atoms with E-state index in [-0.39, 0.29) is 13.0 Å². The first-order chi connectivity index (χ1) is 9.72. The van der Waals surface area contributed by atoms with Crippen LogP contribution in [-0.2, 0) is 17.8 Å². The number of aromatic nitrogens is 4. The molecule has 0 atom stereocenters. The van der Waals surface area contributed by atoms with Crippen LogP contribution in [0.25, 0.3) is 0 Å². The quantitative estimate of drug-likeness (QED) is 0.851. The third kappa shape index (κ3) is 2.93. The van der Waals surface area contributed by atoms with E-state index in [1.165, 1.54) is 0 Å². The van der Waals surface area contributed by atoms with Crippen molar-refractivity contribution < 1.29 is 14.6 Å². The van der Waals surface area contributed by atoms with Crippen molar-refractivity contribution in [1.82, 2.24) is 20.2 Å². The molecule has 0 spiro atoms. The highest BCUT2D eigenvalue weighted by atomic mass is 16.5. The van der Waals surface area contributed by atoms with Crippen molar-refractivity contribution in [3.63, 3.8) is 0 Å². The Morgan fingerprint density at radius 3 is 3.05 bits per heavy atom. The fourth-order valence-electron chi connectivity index (χ4n) is 1.98. The maximum atomic E-state index is 10.7. The molecule has 1 fully saturated rings. The van der Waals surface area contributed by atoms with Gasteiger partial charge in [-0.2, -0.15) is 0 Å². The Bertz CT molecular complexity index is 622. The number of tetrazole rings is 1. The van der Waals surface area contributed by atoms with Crippen molar-refractivity contribution in [3.05, 3.63) is 35.7 Å². The second-order valence-electron chi connectivity index (χ2n) is 4.78. The van der Waals surface area contributed by atoms with E-state index in [2.05, 4.69) is 15.5 Å². The van der Waals surface area contributed by atoms with Crippen molar-refractivity contribution in [3.8, 4) is 5.75 Å². The molecule has 20 heavy (non-hydrogen) atoms. The van der Waals surface area contributed by atoms with E-state index in [0.29, 0.717) is 23.2 Å². The summed E-state index contributed by atoms with van der Waals surface area (Å²) in [7, 11) is 0. The van der Waals surface area contributed by atoms with Gasteiger partial charge < -0.3 is 9.84 Å². The predicted molar refractivity (Wildman–Crippen MR) is 68.2 cm³/mol. The molecule has 3 rings (SSSR count). The molecular weight excluding hydrogens is 260 g/mol. The molecule has 7 heteroatoms. The summed E-state index contributed by atoms with van der Waals surface area (Å²) in [4.78, 5) is 10.7. The van der Waals surface area contributed by atoms with Gasteiger partial charge in [-0.25, -0.2) is 4.68 Å². The molecule has 104 valence electrons. The minimum absolute atomic E-state index is 0.0169. The summed E-state index contributed by atoms with van der Waals surface area (Å²) >= 11 is 0. The number of carbonyl (C=O) groups is 1. The predicted octanol–water partition coefficient (Wildman–Crippen LogP) is 1.21. The highest BCUT2D eigenvalue weighted by Crippen LogP contribution is 2.34. The fraction of sp³-hybridized carbons (Fsp3) is 0.385. The number of ether oxygens (including phenoxy) is 1. The number of rotatable bonds is 6. The lowest BCUT2D eigenvalue weighted by atomic mass is 10.1. The van der Waals surface area contributed by atoms with E-state index in [1.54, 1.807) is 28.9 Å². The van der Waals surface area contributed by atoms with Crippen LogP contribution in [0.2, 0.25) is 0 Å². The lowest BCUT2D eigenvalue weighted by Crippen LogP contribution is -2.07. The van der Waals surface area contributed by atoms with E-state index in [4.69, 9.17) is 9.84 Å². The maximum Gasteiger partial charge on any atom is 0.307 e. The Kier molecular flexibility index (Phi) is 3.32. The number of carboxylic acids is 1. The molecule has 0 saturated heterocycles. The van der Waals surface area contributed by atoms with Gasteiger partial charge in [-0.05, 0) is 41.0 Å². The van der Waals surface area contributed by atoms with Crippen LogP contribution in [0, 0.1) is 0 Å². The number of aliphatic carboxylic acids is 1. The van der Waals surface area contributed by atoms with E-state index in [9.17, 15) is 4.79 Å². The first-order valence-corrected chi connectivity index (χ1v) is 6.42. The number of hydrogen-bond donors (Lipinski definition) is 1. The summed E-state index contributed by atoms with van der Waals surface area (Å²) in [6.45, 7) is 0.278. The SMILES string of the molecule is O=C(O)Cc1cccc(OCc2nnnn2C2CC2)c1.